The van der Waals surface area contributed by atoms with Gasteiger partial charge in [-0.2, -0.15) is 0 Å². The zero-order chi connectivity index (χ0) is 28.3. The first-order valence-corrected chi connectivity index (χ1v) is 13.2. The molecule has 0 amide bonds. The fourth-order valence-corrected chi connectivity index (χ4v) is 5.53. The molecule has 0 bridgehead atoms. The molecular formula is C29H30N2O7S. The Labute approximate surface area is 229 Å². The van der Waals surface area contributed by atoms with Gasteiger partial charge in [-0.25, -0.2) is 9.59 Å². The summed E-state index contributed by atoms with van der Waals surface area (Å²) in [7, 11) is 3.08. The maximum atomic E-state index is 13.7. The standard InChI is InChI=1S/C29H30N2O7S/c1-6-37-28(33)23-22(18-10-8-12-20(15-18)36-5)24(29(34)38-16(2)3)27-31(25(23)30)26(32)21(39-27)14-17-9-7-11-19(13-17)35-4/h7-16,22H,6,30H2,1-5H3/b21-14+/t22-/m1/s1. The van der Waals surface area contributed by atoms with Gasteiger partial charge < -0.3 is 24.7 Å². The van der Waals surface area contributed by atoms with Gasteiger partial charge in [-0.05, 0) is 62.2 Å². The minimum Gasteiger partial charge on any atom is -0.497 e. The van der Waals surface area contributed by atoms with Gasteiger partial charge in [-0.1, -0.05) is 24.3 Å². The number of fused-ring (bicyclic) bond motifs is 1. The summed E-state index contributed by atoms with van der Waals surface area (Å²) < 4.78 is 23.4. The second-order valence-electron chi connectivity index (χ2n) is 8.93. The van der Waals surface area contributed by atoms with Crippen LogP contribution in [0.5, 0.6) is 11.5 Å². The Hall–Kier alpha value is -4.31. The Morgan fingerprint density at radius 1 is 1.03 bits per heavy atom. The van der Waals surface area contributed by atoms with E-state index < -0.39 is 29.5 Å². The van der Waals surface area contributed by atoms with Crippen LogP contribution in [0.3, 0.4) is 0 Å². The van der Waals surface area contributed by atoms with E-state index in [9.17, 15) is 14.4 Å². The topological polar surface area (TPSA) is 119 Å². The minimum atomic E-state index is -0.965. The molecule has 2 aromatic carbocycles. The van der Waals surface area contributed by atoms with Crippen molar-refractivity contribution in [1.82, 2.24) is 4.57 Å². The van der Waals surface area contributed by atoms with E-state index in [0.29, 0.717) is 21.6 Å². The van der Waals surface area contributed by atoms with Crippen molar-refractivity contribution in [3.63, 3.8) is 0 Å². The molecule has 4 rings (SSSR count). The van der Waals surface area contributed by atoms with E-state index >= 15 is 0 Å². The monoisotopic (exact) mass is 550 g/mol. The zero-order valence-corrected chi connectivity index (χ0v) is 23.2. The highest BCUT2D eigenvalue weighted by Gasteiger charge is 2.40. The molecule has 0 saturated heterocycles. The third kappa shape index (κ3) is 5.46. The molecule has 39 heavy (non-hydrogen) atoms. The van der Waals surface area contributed by atoms with Gasteiger partial charge in [-0.15, -0.1) is 11.3 Å². The molecule has 10 heteroatoms. The number of ether oxygens (including phenoxy) is 4. The number of rotatable bonds is 8. The van der Waals surface area contributed by atoms with Gasteiger partial charge in [-0.3, -0.25) is 9.36 Å². The summed E-state index contributed by atoms with van der Waals surface area (Å²) in [5, 5.41) is 0. The summed E-state index contributed by atoms with van der Waals surface area (Å²) in [6, 6.07) is 14.2. The lowest BCUT2D eigenvalue weighted by molar-refractivity contribution is -0.140. The molecule has 1 aliphatic heterocycles. The maximum absolute atomic E-state index is 13.7. The number of carbonyl (C=O) groups is 2. The summed E-state index contributed by atoms with van der Waals surface area (Å²) in [5.41, 5.74) is 7.44. The zero-order valence-electron chi connectivity index (χ0n) is 22.3. The van der Waals surface area contributed by atoms with E-state index in [2.05, 4.69) is 0 Å². The van der Waals surface area contributed by atoms with Crippen LogP contribution in [0.2, 0.25) is 0 Å². The average molecular weight is 551 g/mol. The maximum Gasteiger partial charge on any atom is 0.338 e. The highest BCUT2D eigenvalue weighted by molar-refractivity contribution is 7.07. The lowest BCUT2D eigenvalue weighted by Crippen LogP contribution is -2.42. The minimum absolute atomic E-state index is 0.0267. The Kier molecular flexibility index (Phi) is 8.25. The number of esters is 2. The third-order valence-corrected chi connectivity index (χ3v) is 7.13. The molecule has 3 aromatic rings. The predicted molar refractivity (Wildman–Crippen MR) is 149 cm³/mol. The SMILES string of the molecule is CCOC(=O)C1=C(N)n2c(s/c(=C/c3cccc(OC)c3)c2=O)=C(C(=O)OC(C)C)[C@@H]1c1cccc(OC)c1. The summed E-state index contributed by atoms with van der Waals surface area (Å²) in [4.78, 5) is 40.7. The summed E-state index contributed by atoms with van der Waals surface area (Å²) in [5.74, 6) is -1.33. The van der Waals surface area contributed by atoms with Gasteiger partial charge in [0.25, 0.3) is 5.56 Å². The predicted octanol–water partition coefficient (Wildman–Crippen LogP) is 2.35. The summed E-state index contributed by atoms with van der Waals surface area (Å²) in [6.07, 6.45) is 1.23. The normalized spacial score (nSPS) is 15.3. The summed E-state index contributed by atoms with van der Waals surface area (Å²) >= 11 is 1.09. The Morgan fingerprint density at radius 3 is 2.33 bits per heavy atom. The van der Waals surface area contributed by atoms with E-state index in [1.54, 1.807) is 76.4 Å². The van der Waals surface area contributed by atoms with E-state index in [-0.39, 0.29) is 28.2 Å². The number of aromatic nitrogens is 1. The molecule has 204 valence electrons. The Morgan fingerprint density at radius 2 is 1.69 bits per heavy atom. The first-order chi connectivity index (χ1) is 18.7. The molecule has 1 atom stereocenters. The van der Waals surface area contributed by atoms with Crippen LogP contribution in [0.25, 0.3) is 17.5 Å². The molecule has 2 heterocycles. The molecule has 0 fully saturated rings. The number of methoxy groups -OCH3 is 2. The second kappa shape index (κ2) is 11.6. The number of nitrogens with two attached hydrogens (primary N) is 1. The summed E-state index contributed by atoms with van der Waals surface area (Å²) in [6.45, 7) is 5.19. The molecular weight excluding hydrogens is 520 g/mol. The van der Waals surface area contributed by atoms with Crippen LogP contribution in [0.4, 0.5) is 0 Å². The number of thiazole rings is 1. The van der Waals surface area contributed by atoms with E-state index in [4.69, 9.17) is 24.7 Å². The van der Waals surface area contributed by atoms with Crippen LogP contribution in [-0.4, -0.2) is 43.4 Å². The molecule has 0 radical (unpaired) electrons. The van der Waals surface area contributed by atoms with Gasteiger partial charge in [0, 0.05) is 0 Å². The molecule has 0 spiro atoms. The number of nitrogens with zero attached hydrogens (tertiary/aromatic N) is 1. The highest BCUT2D eigenvalue weighted by Crippen LogP contribution is 2.39. The van der Waals surface area contributed by atoms with Crippen LogP contribution in [0, 0.1) is 0 Å². The van der Waals surface area contributed by atoms with Gasteiger partial charge >= 0.3 is 11.9 Å². The lowest BCUT2D eigenvalue weighted by Gasteiger charge is -2.27. The van der Waals surface area contributed by atoms with Crippen molar-refractivity contribution < 1.29 is 28.5 Å². The molecule has 1 aromatic heterocycles. The van der Waals surface area contributed by atoms with Gasteiger partial charge in [0.15, 0.2) is 0 Å². The van der Waals surface area contributed by atoms with Crippen molar-refractivity contribution in [2.24, 2.45) is 5.73 Å². The Bertz CT molecular complexity index is 1630. The van der Waals surface area contributed by atoms with Crippen LogP contribution in [0.1, 0.15) is 37.8 Å². The molecule has 0 saturated carbocycles. The van der Waals surface area contributed by atoms with Gasteiger partial charge in [0.05, 0.1) is 48.5 Å². The quantitative estimate of drug-likeness (QED) is 0.425. The first kappa shape index (κ1) is 27.7. The van der Waals surface area contributed by atoms with Crippen molar-refractivity contribution >= 4 is 40.7 Å². The molecule has 0 aliphatic carbocycles. The smallest absolute Gasteiger partial charge is 0.338 e. The molecule has 9 nitrogen and oxygen atoms in total. The second-order valence-corrected chi connectivity index (χ2v) is 9.96. The fraction of sp³-hybridized carbons (Fsp3) is 0.276. The van der Waals surface area contributed by atoms with E-state index in [1.807, 2.05) is 6.07 Å². The van der Waals surface area contributed by atoms with Crippen molar-refractivity contribution in [3.05, 3.63) is 84.8 Å². The van der Waals surface area contributed by atoms with Crippen molar-refractivity contribution in [3.8, 4) is 11.5 Å². The lowest BCUT2D eigenvalue weighted by atomic mass is 9.83. The molecule has 2 N–H and O–H groups in total. The van der Waals surface area contributed by atoms with Crippen molar-refractivity contribution in [1.29, 1.82) is 0 Å². The number of carbonyl (C=O) groups excluding carboxylic acids is 2. The number of benzene rings is 2. The number of hydrogen-bond acceptors (Lipinski definition) is 9. The van der Waals surface area contributed by atoms with Crippen LogP contribution >= 0.6 is 11.3 Å². The van der Waals surface area contributed by atoms with E-state index in [1.165, 1.54) is 11.7 Å². The van der Waals surface area contributed by atoms with Crippen LogP contribution in [0.15, 0.2) is 58.9 Å². The fourth-order valence-electron chi connectivity index (χ4n) is 4.37. The highest BCUT2D eigenvalue weighted by atomic mass is 32.1. The van der Waals surface area contributed by atoms with Crippen molar-refractivity contribution in [2.45, 2.75) is 32.8 Å². The Balaban J connectivity index is 2.11. The van der Waals surface area contributed by atoms with Crippen LogP contribution < -0.4 is 30.0 Å². The van der Waals surface area contributed by atoms with Gasteiger partial charge in [0.1, 0.15) is 22.0 Å². The first-order valence-electron chi connectivity index (χ1n) is 12.3. The van der Waals surface area contributed by atoms with Crippen LogP contribution in [-0.2, 0) is 19.1 Å². The van der Waals surface area contributed by atoms with Gasteiger partial charge in [0.2, 0.25) is 0 Å². The number of hydrogen-bond donors (Lipinski definition) is 1. The average Bonchev–Trinajstić information content (AvgIpc) is 3.23. The molecule has 0 unspecified atom stereocenters. The van der Waals surface area contributed by atoms with Crippen molar-refractivity contribution in [2.75, 3.05) is 20.8 Å². The third-order valence-electron chi connectivity index (χ3n) is 6.02. The largest absolute Gasteiger partial charge is 0.497 e. The van der Waals surface area contributed by atoms with E-state index in [0.717, 1.165) is 16.9 Å². The molecule has 1 aliphatic rings.